The van der Waals surface area contributed by atoms with Crippen LogP contribution in [0.4, 0.5) is 0 Å². The van der Waals surface area contributed by atoms with Crippen molar-refractivity contribution in [2.24, 2.45) is 0 Å². The van der Waals surface area contributed by atoms with Crippen LogP contribution >= 0.6 is 11.8 Å². The molecule has 0 spiro atoms. The van der Waals surface area contributed by atoms with Crippen LogP contribution in [-0.4, -0.2) is 17.3 Å². The standard InChI is InChI=1S/C5H9O2S/c1-3-4(8-2)5(6)7/h3H2,1-2H3,(H,6,7). The van der Waals surface area contributed by atoms with Gasteiger partial charge in [0.25, 0.3) is 0 Å². The molecule has 0 aromatic carbocycles. The maximum absolute atomic E-state index is 10.1. The van der Waals surface area contributed by atoms with Gasteiger partial charge in [-0.05, 0) is 12.7 Å². The van der Waals surface area contributed by atoms with Gasteiger partial charge in [0.15, 0.2) is 0 Å². The lowest BCUT2D eigenvalue weighted by Crippen LogP contribution is -2.04. The van der Waals surface area contributed by atoms with Crippen LogP contribution in [0.15, 0.2) is 0 Å². The van der Waals surface area contributed by atoms with Crippen molar-refractivity contribution < 1.29 is 9.90 Å². The number of aliphatic carboxylic acids is 1. The maximum atomic E-state index is 10.1. The van der Waals surface area contributed by atoms with Crippen LogP contribution in [0, 0.1) is 5.25 Å². The van der Waals surface area contributed by atoms with E-state index in [1.807, 2.05) is 6.92 Å². The maximum Gasteiger partial charge on any atom is 0.321 e. The lowest BCUT2D eigenvalue weighted by atomic mass is 10.3. The van der Waals surface area contributed by atoms with Crippen molar-refractivity contribution in [3.05, 3.63) is 5.25 Å². The molecule has 1 radical (unpaired) electrons. The molecule has 2 nitrogen and oxygen atoms in total. The molecule has 1 N–H and O–H groups in total. The minimum absolute atomic E-state index is 0.519. The summed E-state index contributed by atoms with van der Waals surface area (Å²) in [4.78, 5) is 10.1. The van der Waals surface area contributed by atoms with Gasteiger partial charge >= 0.3 is 5.97 Å². The van der Waals surface area contributed by atoms with Crippen LogP contribution in [0.25, 0.3) is 0 Å². The number of rotatable bonds is 3. The normalized spacial score (nSPS) is 9.88. The molecule has 0 unspecified atom stereocenters. The summed E-state index contributed by atoms with van der Waals surface area (Å²) in [6, 6.07) is 0. The number of carbonyl (C=O) groups is 1. The van der Waals surface area contributed by atoms with E-state index in [-0.39, 0.29) is 0 Å². The van der Waals surface area contributed by atoms with Crippen molar-refractivity contribution in [3.63, 3.8) is 0 Å². The van der Waals surface area contributed by atoms with E-state index in [0.717, 1.165) is 0 Å². The average molecular weight is 133 g/mol. The summed E-state index contributed by atoms with van der Waals surface area (Å²) in [5, 5.41) is 8.83. The molecule has 0 rings (SSSR count). The van der Waals surface area contributed by atoms with E-state index in [1.54, 1.807) is 6.26 Å². The van der Waals surface area contributed by atoms with Gasteiger partial charge in [-0.2, -0.15) is 0 Å². The number of carboxylic acid groups (broad SMARTS) is 1. The number of carboxylic acids is 1. The van der Waals surface area contributed by atoms with Crippen molar-refractivity contribution in [3.8, 4) is 0 Å². The first-order valence-corrected chi connectivity index (χ1v) is 3.58. The number of thioether (sulfide) groups is 1. The van der Waals surface area contributed by atoms with Gasteiger partial charge < -0.3 is 5.11 Å². The van der Waals surface area contributed by atoms with E-state index in [4.69, 9.17) is 5.11 Å². The second-order valence-electron chi connectivity index (χ2n) is 1.29. The fraction of sp³-hybridized carbons (Fsp3) is 0.600. The van der Waals surface area contributed by atoms with Crippen molar-refractivity contribution in [2.45, 2.75) is 13.3 Å². The van der Waals surface area contributed by atoms with Crippen LogP contribution < -0.4 is 0 Å². The van der Waals surface area contributed by atoms with Crippen molar-refractivity contribution in [1.82, 2.24) is 0 Å². The van der Waals surface area contributed by atoms with Crippen molar-refractivity contribution >= 4 is 17.7 Å². The van der Waals surface area contributed by atoms with Crippen LogP contribution in [0.5, 0.6) is 0 Å². The Morgan fingerprint density at radius 2 is 2.25 bits per heavy atom. The van der Waals surface area contributed by atoms with Gasteiger partial charge in [-0.1, -0.05) is 6.92 Å². The zero-order valence-electron chi connectivity index (χ0n) is 4.97. The zero-order chi connectivity index (χ0) is 6.57. The molecular formula is C5H9O2S. The molecule has 0 aliphatic rings. The molecule has 0 saturated carbocycles. The van der Waals surface area contributed by atoms with Crippen LogP contribution in [0.3, 0.4) is 0 Å². The van der Waals surface area contributed by atoms with E-state index >= 15 is 0 Å². The van der Waals surface area contributed by atoms with E-state index in [2.05, 4.69) is 0 Å². The molecule has 0 fully saturated rings. The van der Waals surface area contributed by atoms with E-state index in [9.17, 15) is 4.79 Å². The highest BCUT2D eigenvalue weighted by molar-refractivity contribution is 8.02. The molecule has 47 valence electrons. The Morgan fingerprint density at radius 3 is 2.25 bits per heavy atom. The molecule has 0 aromatic heterocycles. The molecule has 0 aliphatic heterocycles. The third-order valence-electron chi connectivity index (χ3n) is 0.806. The summed E-state index contributed by atoms with van der Waals surface area (Å²) in [6.07, 6.45) is 2.39. The fourth-order valence-electron chi connectivity index (χ4n) is 0.383. The minimum atomic E-state index is -0.792. The third-order valence-corrected chi connectivity index (χ3v) is 1.76. The predicted molar refractivity (Wildman–Crippen MR) is 34.7 cm³/mol. The summed E-state index contributed by atoms with van der Waals surface area (Å²) in [7, 11) is 0. The van der Waals surface area contributed by atoms with E-state index < -0.39 is 5.97 Å². The zero-order valence-corrected chi connectivity index (χ0v) is 5.79. The molecule has 0 aliphatic carbocycles. The van der Waals surface area contributed by atoms with Crippen LogP contribution in [-0.2, 0) is 4.79 Å². The Bertz CT molecular complexity index is 78.5. The van der Waals surface area contributed by atoms with Crippen LogP contribution in [0.2, 0.25) is 0 Å². The Kier molecular flexibility index (Phi) is 3.69. The molecule has 0 bridgehead atoms. The Morgan fingerprint density at radius 1 is 1.75 bits per heavy atom. The molecule has 0 atom stereocenters. The lowest BCUT2D eigenvalue weighted by molar-refractivity contribution is -0.133. The summed E-state index contributed by atoms with van der Waals surface area (Å²) >= 11 is 1.30. The minimum Gasteiger partial charge on any atom is -0.480 e. The quantitative estimate of drug-likeness (QED) is 0.632. The molecule has 0 amide bonds. The smallest absolute Gasteiger partial charge is 0.321 e. The van der Waals surface area contributed by atoms with Gasteiger partial charge in [-0.25, -0.2) is 0 Å². The number of hydrogen-bond donors (Lipinski definition) is 1. The SMILES string of the molecule is CC[C](SC)C(=O)O. The number of hydrogen-bond acceptors (Lipinski definition) is 2. The van der Waals surface area contributed by atoms with Gasteiger partial charge in [0.2, 0.25) is 0 Å². The summed E-state index contributed by atoms with van der Waals surface area (Å²) in [6.45, 7) is 1.83. The van der Waals surface area contributed by atoms with Crippen molar-refractivity contribution in [1.29, 1.82) is 0 Å². The van der Waals surface area contributed by atoms with E-state index in [0.29, 0.717) is 11.7 Å². The second kappa shape index (κ2) is 3.78. The molecular weight excluding hydrogens is 124 g/mol. The highest BCUT2D eigenvalue weighted by Gasteiger charge is 2.12. The summed E-state index contributed by atoms with van der Waals surface area (Å²) in [5.41, 5.74) is 0. The molecule has 3 heteroatoms. The second-order valence-corrected chi connectivity index (χ2v) is 2.19. The van der Waals surface area contributed by atoms with Gasteiger partial charge in [-0.15, -0.1) is 11.8 Å². The van der Waals surface area contributed by atoms with Gasteiger partial charge in [0, 0.05) is 0 Å². The molecule has 8 heavy (non-hydrogen) atoms. The largest absolute Gasteiger partial charge is 0.480 e. The summed E-state index contributed by atoms with van der Waals surface area (Å²) in [5.74, 6) is -0.792. The first kappa shape index (κ1) is 7.82. The Hall–Kier alpha value is -0.180. The van der Waals surface area contributed by atoms with Crippen LogP contribution in [0.1, 0.15) is 13.3 Å². The van der Waals surface area contributed by atoms with Gasteiger partial charge in [-0.3, -0.25) is 4.79 Å². The fourth-order valence-corrected chi connectivity index (χ4v) is 0.846. The molecule has 0 heterocycles. The Labute approximate surface area is 53.3 Å². The Balaban J connectivity index is 3.52. The lowest BCUT2D eigenvalue weighted by Gasteiger charge is -2.00. The first-order valence-electron chi connectivity index (χ1n) is 2.35. The average Bonchev–Trinajstić information content (AvgIpc) is 1.69. The van der Waals surface area contributed by atoms with Gasteiger partial charge in [0.05, 0.1) is 0 Å². The highest BCUT2D eigenvalue weighted by Crippen LogP contribution is 2.18. The topological polar surface area (TPSA) is 37.3 Å². The third kappa shape index (κ3) is 2.21. The van der Waals surface area contributed by atoms with Gasteiger partial charge in [0.1, 0.15) is 5.25 Å². The van der Waals surface area contributed by atoms with E-state index in [1.165, 1.54) is 11.8 Å². The highest BCUT2D eigenvalue weighted by atomic mass is 32.2. The first-order chi connectivity index (χ1) is 3.72. The molecule has 0 aromatic rings. The monoisotopic (exact) mass is 133 g/mol. The molecule has 0 saturated heterocycles. The van der Waals surface area contributed by atoms with Crippen molar-refractivity contribution in [2.75, 3.05) is 6.26 Å². The summed E-state index contributed by atoms with van der Waals surface area (Å²) < 4.78 is 0. The predicted octanol–water partition coefficient (Wildman–Crippen LogP) is 1.38.